The highest BCUT2D eigenvalue weighted by molar-refractivity contribution is 5.93. The van der Waals surface area contributed by atoms with Gasteiger partial charge in [-0.15, -0.1) is 0 Å². The van der Waals surface area contributed by atoms with E-state index in [9.17, 15) is 14.9 Å². The van der Waals surface area contributed by atoms with Crippen molar-refractivity contribution in [2.24, 2.45) is 5.92 Å². The molecule has 0 spiro atoms. The first-order chi connectivity index (χ1) is 8.97. The molecule has 1 aromatic rings. The minimum atomic E-state index is -1.33. The van der Waals surface area contributed by atoms with Gasteiger partial charge in [-0.3, -0.25) is 10.1 Å². The van der Waals surface area contributed by atoms with Crippen molar-refractivity contribution in [3.05, 3.63) is 27.9 Å². The van der Waals surface area contributed by atoms with Crippen LogP contribution >= 0.6 is 0 Å². The lowest BCUT2D eigenvalue weighted by Crippen LogP contribution is -2.17. The monoisotopic (exact) mass is 265 g/mol. The lowest BCUT2D eigenvalue weighted by molar-refractivity contribution is -0.385. The third-order valence-corrected chi connectivity index (χ3v) is 3.09. The maximum absolute atomic E-state index is 11.0. The van der Waals surface area contributed by atoms with Gasteiger partial charge in [0.2, 0.25) is 0 Å². The summed E-state index contributed by atoms with van der Waals surface area (Å²) >= 11 is 0. The molecule has 7 nitrogen and oxygen atoms in total. The number of carboxylic acids is 1. The van der Waals surface area contributed by atoms with Crippen LogP contribution in [0.3, 0.4) is 0 Å². The molecule has 0 amide bonds. The second kappa shape index (κ2) is 5.21. The molecular formula is C12H15N3O4. The van der Waals surface area contributed by atoms with Crippen LogP contribution < -0.4 is 5.32 Å². The predicted molar refractivity (Wildman–Crippen MR) is 68.3 cm³/mol. The molecule has 1 saturated carbocycles. The van der Waals surface area contributed by atoms with Crippen molar-refractivity contribution < 1.29 is 14.8 Å². The molecule has 0 aliphatic heterocycles. The van der Waals surface area contributed by atoms with Crippen LogP contribution in [0.5, 0.6) is 0 Å². The van der Waals surface area contributed by atoms with E-state index in [1.807, 2.05) is 6.92 Å². The standard InChI is InChI=1S/C12H15N3O4/c1-7(4-8-2-3-8)14-11-5-9(12(16)17)10(6-13-11)15(18)19/h5-8H,2-4H2,1H3,(H,13,14)(H,16,17). The van der Waals surface area contributed by atoms with Gasteiger partial charge in [-0.25, -0.2) is 9.78 Å². The van der Waals surface area contributed by atoms with Crippen molar-refractivity contribution in [1.82, 2.24) is 4.98 Å². The maximum atomic E-state index is 11.0. The topological polar surface area (TPSA) is 105 Å². The summed E-state index contributed by atoms with van der Waals surface area (Å²) < 4.78 is 0. The number of aromatic carboxylic acids is 1. The van der Waals surface area contributed by atoms with E-state index >= 15 is 0 Å². The maximum Gasteiger partial charge on any atom is 0.342 e. The number of carboxylic acid groups (broad SMARTS) is 1. The summed E-state index contributed by atoms with van der Waals surface area (Å²) in [6.07, 6.45) is 4.46. The molecule has 1 atom stereocenters. The van der Waals surface area contributed by atoms with Gasteiger partial charge in [0, 0.05) is 12.1 Å². The average Bonchev–Trinajstić information content (AvgIpc) is 3.12. The van der Waals surface area contributed by atoms with Gasteiger partial charge in [0.15, 0.2) is 0 Å². The highest BCUT2D eigenvalue weighted by atomic mass is 16.6. The summed E-state index contributed by atoms with van der Waals surface area (Å²) in [5.74, 6) is -0.234. The molecule has 0 radical (unpaired) electrons. The van der Waals surface area contributed by atoms with Gasteiger partial charge in [0.1, 0.15) is 17.6 Å². The first kappa shape index (κ1) is 13.3. The van der Waals surface area contributed by atoms with E-state index in [4.69, 9.17) is 5.11 Å². The number of anilines is 1. The van der Waals surface area contributed by atoms with Crippen LogP contribution in [0, 0.1) is 16.0 Å². The van der Waals surface area contributed by atoms with Crippen LogP contribution in [0.25, 0.3) is 0 Å². The number of nitrogens with zero attached hydrogens (tertiary/aromatic N) is 2. The molecule has 1 aliphatic rings. The smallest absolute Gasteiger partial charge is 0.342 e. The third-order valence-electron chi connectivity index (χ3n) is 3.09. The van der Waals surface area contributed by atoms with Gasteiger partial charge in [-0.1, -0.05) is 12.8 Å². The highest BCUT2D eigenvalue weighted by Gasteiger charge is 2.25. The molecule has 1 fully saturated rings. The fraction of sp³-hybridized carbons (Fsp3) is 0.500. The van der Waals surface area contributed by atoms with Crippen molar-refractivity contribution in [3.8, 4) is 0 Å². The first-order valence-electron chi connectivity index (χ1n) is 6.11. The highest BCUT2D eigenvalue weighted by Crippen LogP contribution is 2.34. The number of hydrogen-bond acceptors (Lipinski definition) is 5. The molecule has 19 heavy (non-hydrogen) atoms. The quantitative estimate of drug-likeness (QED) is 0.603. The summed E-state index contributed by atoms with van der Waals surface area (Å²) in [6.45, 7) is 1.99. The molecule has 7 heteroatoms. The molecule has 2 rings (SSSR count). The van der Waals surface area contributed by atoms with Gasteiger partial charge < -0.3 is 10.4 Å². The largest absolute Gasteiger partial charge is 0.477 e. The van der Waals surface area contributed by atoms with Crippen LogP contribution in [0.2, 0.25) is 0 Å². The van der Waals surface area contributed by atoms with Crippen molar-refractivity contribution in [3.63, 3.8) is 0 Å². The Hall–Kier alpha value is -2.18. The summed E-state index contributed by atoms with van der Waals surface area (Å²) in [4.78, 5) is 24.8. The van der Waals surface area contributed by atoms with Gasteiger partial charge in [-0.2, -0.15) is 0 Å². The summed E-state index contributed by atoms with van der Waals surface area (Å²) in [7, 11) is 0. The Balaban J connectivity index is 2.14. The molecule has 1 heterocycles. The van der Waals surface area contributed by atoms with Crippen molar-refractivity contribution in [2.75, 3.05) is 5.32 Å². The SMILES string of the molecule is CC(CC1CC1)Nc1cc(C(=O)O)c([N+](=O)[O-])cn1. The number of aromatic nitrogens is 1. The predicted octanol–water partition coefficient (Wildman–Crippen LogP) is 2.29. The van der Waals surface area contributed by atoms with Gasteiger partial charge >= 0.3 is 11.7 Å². The Kier molecular flexibility index (Phi) is 3.64. The lowest BCUT2D eigenvalue weighted by Gasteiger charge is -2.14. The number of pyridine rings is 1. The minimum Gasteiger partial charge on any atom is -0.477 e. The Labute approximate surface area is 109 Å². The molecule has 2 N–H and O–H groups in total. The van der Waals surface area contributed by atoms with Crippen LogP contribution in [-0.2, 0) is 0 Å². The van der Waals surface area contributed by atoms with E-state index in [0.29, 0.717) is 5.82 Å². The van der Waals surface area contributed by atoms with Crippen LogP contribution in [0.15, 0.2) is 12.3 Å². The number of nitro groups is 1. The number of hydrogen-bond donors (Lipinski definition) is 2. The van der Waals surface area contributed by atoms with E-state index in [1.165, 1.54) is 18.9 Å². The zero-order valence-corrected chi connectivity index (χ0v) is 10.5. The fourth-order valence-corrected chi connectivity index (χ4v) is 2.01. The van der Waals surface area contributed by atoms with Crippen molar-refractivity contribution >= 4 is 17.5 Å². The molecule has 0 bridgehead atoms. The number of rotatable bonds is 6. The zero-order chi connectivity index (χ0) is 14.0. The Morgan fingerprint density at radius 1 is 1.68 bits per heavy atom. The van der Waals surface area contributed by atoms with E-state index < -0.39 is 16.6 Å². The first-order valence-corrected chi connectivity index (χ1v) is 6.11. The van der Waals surface area contributed by atoms with Crippen molar-refractivity contribution in [2.45, 2.75) is 32.2 Å². The normalized spacial score (nSPS) is 15.8. The van der Waals surface area contributed by atoms with Gasteiger partial charge in [0.05, 0.1) is 4.92 Å². The number of carbonyl (C=O) groups is 1. The zero-order valence-electron chi connectivity index (χ0n) is 10.5. The van der Waals surface area contributed by atoms with E-state index in [0.717, 1.165) is 18.5 Å². The third kappa shape index (κ3) is 3.40. The molecule has 102 valence electrons. The van der Waals surface area contributed by atoms with Crippen molar-refractivity contribution in [1.29, 1.82) is 0 Å². The summed E-state index contributed by atoms with van der Waals surface area (Å²) in [6, 6.07) is 1.38. The summed E-state index contributed by atoms with van der Waals surface area (Å²) in [5.41, 5.74) is -0.839. The molecule has 0 aromatic carbocycles. The fourth-order valence-electron chi connectivity index (χ4n) is 2.01. The Bertz CT molecular complexity index is 514. The van der Waals surface area contributed by atoms with E-state index in [1.54, 1.807) is 0 Å². The molecular weight excluding hydrogens is 250 g/mol. The van der Waals surface area contributed by atoms with Crippen LogP contribution in [-0.4, -0.2) is 27.0 Å². The summed E-state index contributed by atoms with van der Waals surface area (Å²) in [5, 5.41) is 22.7. The van der Waals surface area contributed by atoms with Crippen LogP contribution in [0.1, 0.15) is 36.5 Å². The van der Waals surface area contributed by atoms with Crippen LogP contribution in [0.4, 0.5) is 11.5 Å². The molecule has 0 saturated heterocycles. The molecule has 1 aliphatic carbocycles. The Morgan fingerprint density at radius 3 is 2.89 bits per heavy atom. The molecule has 1 aromatic heterocycles. The lowest BCUT2D eigenvalue weighted by atomic mass is 10.1. The average molecular weight is 265 g/mol. The van der Waals surface area contributed by atoms with E-state index in [-0.39, 0.29) is 11.6 Å². The second-order valence-corrected chi connectivity index (χ2v) is 4.87. The molecule has 1 unspecified atom stereocenters. The van der Waals surface area contributed by atoms with Gasteiger partial charge in [-0.05, 0) is 19.3 Å². The van der Waals surface area contributed by atoms with E-state index in [2.05, 4.69) is 10.3 Å². The Morgan fingerprint density at radius 2 is 2.37 bits per heavy atom. The number of nitrogens with one attached hydrogen (secondary N) is 1. The minimum absolute atomic E-state index is 0.170. The van der Waals surface area contributed by atoms with Gasteiger partial charge in [0.25, 0.3) is 0 Å². The second-order valence-electron chi connectivity index (χ2n) is 4.87.